The fourth-order valence-electron chi connectivity index (χ4n) is 1.93. The molecule has 0 spiro atoms. The van der Waals surface area contributed by atoms with E-state index in [0.717, 1.165) is 21.2 Å². The molecule has 2 aromatic carbocycles. The molecule has 2 rings (SSSR count). The van der Waals surface area contributed by atoms with Crippen molar-refractivity contribution in [2.75, 3.05) is 14.2 Å². The Morgan fingerprint density at radius 1 is 1.05 bits per heavy atom. The maximum Gasteiger partial charge on any atom is 0.161 e. The number of hydrogen-bond acceptors (Lipinski definition) is 4. The quantitative estimate of drug-likeness (QED) is 0.566. The van der Waals surface area contributed by atoms with E-state index in [4.69, 9.17) is 14.3 Å². The van der Waals surface area contributed by atoms with E-state index in [-0.39, 0.29) is 0 Å². The van der Waals surface area contributed by atoms with E-state index in [2.05, 4.69) is 21.1 Å². The summed E-state index contributed by atoms with van der Waals surface area (Å²) in [5, 5.41) is 3.99. The monoisotopic (exact) mass is 363 g/mol. The van der Waals surface area contributed by atoms with Crippen molar-refractivity contribution in [3.8, 4) is 11.5 Å². The predicted octanol–water partition coefficient (Wildman–Crippen LogP) is 4.33. The van der Waals surface area contributed by atoms with Crippen molar-refractivity contribution in [1.29, 1.82) is 0 Å². The SMILES string of the molecule is COc1cc(C)c(CO/N=C\c2ccc(Br)cc2)cc1OC. The van der Waals surface area contributed by atoms with Gasteiger partial charge in [-0.3, -0.25) is 0 Å². The van der Waals surface area contributed by atoms with E-state index >= 15 is 0 Å². The van der Waals surface area contributed by atoms with Crippen LogP contribution in [0.1, 0.15) is 16.7 Å². The third kappa shape index (κ3) is 4.24. The van der Waals surface area contributed by atoms with Crippen LogP contribution in [0.3, 0.4) is 0 Å². The topological polar surface area (TPSA) is 40.0 Å². The van der Waals surface area contributed by atoms with Gasteiger partial charge in [-0.2, -0.15) is 0 Å². The van der Waals surface area contributed by atoms with E-state index in [9.17, 15) is 0 Å². The van der Waals surface area contributed by atoms with Crippen molar-refractivity contribution in [3.63, 3.8) is 0 Å². The highest BCUT2D eigenvalue weighted by atomic mass is 79.9. The van der Waals surface area contributed by atoms with Gasteiger partial charge < -0.3 is 14.3 Å². The maximum absolute atomic E-state index is 5.37. The number of benzene rings is 2. The van der Waals surface area contributed by atoms with Crippen molar-refractivity contribution in [3.05, 3.63) is 57.6 Å². The van der Waals surface area contributed by atoms with E-state index in [1.165, 1.54) is 0 Å². The van der Waals surface area contributed by atoms with Crippen LogP contribution in [0.5, 0.6) is 11.5 Å². The van der Waals surface area contributed by atoms with Crippen molar-refractivity contribution < 1.29 is 14.3 Å². The van der Waals surface area contributed by atoms with E-state index in [0.29, 0.717) is 18.1 Å². The number of aryl methyl sites for hydroxylation is 1. The number of methoxy groups -OCH3 is 2. The van der Waals surface area contributed by atoms with Crippen LogP contribution in [0.15, 0.2) is 46.0 Å². The standard InChI is InChI=1S/C17H18BrNO3/c1-12-8-16(20-2)17(21-3)9-14(12)11-22-19-10-13-4-6-15(18)7-5-13/h4-10H,11H2,1-3H3/b19-10-. The lowest BCUT2D eigenvalue weighted by Crippen LogP contribution is -1.97. The van der Waals surface area contributed by atoms with Crippen LogP contribution in [0.25, 0.3) is 0 Å². The Balaban J connectivity index is 2.00. The highest BCUT2D eigenvalue weighted by molar-refractivity contribution is 9.10. The summed E-state index contributed by atoms with van der Waals surface area (Å²) in [5.74, 6) is 1.39. The summed E-state index contributed by atoms with van der Waals surface area (Å²) in [6, 6.07) is 11.7. The first-order valence-electron chi connectivity index (χ1n) is 6.76. The van der Waals surface area contributed by atoms with Crippen LogP contribution in [0.4, 0.5) is 0 Å². The fraction of sp³-hybridized carbons (Fsp3) is 0.235. The summed E-state index contributed by atoms with van der Waals surface area (Å²) in [7, 11) is 3.24. The number of hydrogen-bond donors (Lipinski definition) is 0. The first-order chi connectivity index (χ1) is 10.6. The third-order valence-corrected chi connectivity index (χ3v) is 3.74. The summed E-state index contributed by atoms with van der Waals surface area (Å²) < 4.78 is 11.6. The lowest BCUT2D eigenvalue weighted by atomic mass is 10.1. The average molecular weight is 364 g/mol. The first kappa shape index (κ1) is 16.4. The van der Waals surface area contributed by atoms with Gasteiger partial charge in [-0.15, -0.1) is 0 Å². The van der Waals surface area contributed by atoms with Gasteiger partial charge in [0.15, 0.2) is 11.5 Å². The summed E-state index contributed by atoms with van der Waals surface area (Å²) in [4.78, 5) is 5.37. The van der Waals surface area contributed by atoms with E-state index in [1.807, 2.05) is 43.3 Å². The summed E-state index contributed by atoms with van der Waals surface area (Å²) in [6.07, 6.45) is 1.68. The highest BCUT2D eigenvalue weighted by Crippen LogP contribution is 2.30. The predicted molar refractivity (Wildman–Crippen MR) is 90.8 cm³/mol. The van der Waals surface area contributed by atoms with Gasteiger partial charge in [0.2, 0.25) is 0 Å². The van der Waals surface area contributed by atoms with E-state index in [1.54, 1.807) is 20.4 Å². The summed E-state index contributed by atoms with van der Waals surface area (Å²) in [6.45, 7) is 2.37. The molecule has 2 aromatic rings. The molecule has 22 heavy (non-hydrogen) atoms. The summed E-state index contributed by atoms with van der Waals surface area (Å²) in [5.41, 5.74) is 3.05. The van der Waals surface area contributed by atoms with E-state index < -0.39 is 0 Å². The number of nitrogens with zero attached hydrogens (tertiary/aromatic N) is 1. The van der Waals surface area contributed by atoms with Crippen LogP contribution in [-0.2, 0) is 11.4 Å². The molecular formula is C17H18BrNO3. The maximum atomic E-state index is 5.37. The van der Waals surface area contributed by atoms with Gasteiger partial charge in [0.1, 0.15) is 6.61 Å². The van der Waals surface area contributed by atoms with Crippen LogP contribution in [0, 0.1) is 6.92 Å². The molecule has 0 unspecified atom stereocenters. The molecule has 0 atom stereocenters. The highest BCUT2D eigenvalue weighted by Gasteiger charge is 2.08. The first-order valence-corrected chi connectivity index (χ1v) is 7.55. The molecule has 0 heterocycles. The van der Waals surface area contributed by atoms with Crippen LogP contribution in [-0.4, -0.2) is 20.4 Å². The molecule has 0 saturated carbocycles. The lowest BCUT2D eigenvalue weighted by molar-refractivity contribution is 0.131. The van der Waals surface area contributed by atoms with Crippen LogP contribution >= 0.6 is 15.9 Å². The Morgan fingerprint density at radius 3 is 2.32 bits per heavy atom. The largest absolute Gasteiger partial charge is 0.493 e. The zero-order valence-electron chi connectivity index (χ0n) is 12.8. The number of ether oxygens (including phenoxy) is 2. The third-order valence-electron chi connectivity index (χ3n) is 3.21. The van der Waals surface area contributed by atoms with Crippen molar-refractivity contribution in [2.45, 2.75) is 13.5 Å². The molecule has 0 fully saturated rings. The molecule has 0 aliphatic carbocycles. The van der Waals surface area contributed by atoms with Gasteiger partial charge in [-0.05, 0) is 47.9 Å². The zero-order valence-corrected chi connectivity index (χ0v) is 14.4. The smallest absolute Gasteiger partial charge is 0.161 e. The van der Waals surface area contributed by atoms with Gasteiger partial charge in [-0.25, -0.2) is 0 Å². The van der Waals surface area contributed by atoms with Crippen LogP contribution < -0.4 is 9.47 Å². The normalized spacial score (nSPS) is 10.7. The fourth-order valence-corrected chi connectivity index (χ4v) is 2.20. The molecule has 0 aliphatic heterocycles. The van der Waals surface area contributed by atoms with Crippen LogP contribution in [0.2, 0.25) is 0 Å². The molecule has 5 heteroatoms. The molecule has 0 saturated heterocycles. The second kappa shape index (κ2) is 7.84. The second-order valence-electron chi connectivity index (χ2n) is 4.69. The Kier molecular flexibility index (Phi) is 5.83. The molecule has 0 N–H and O–H groups in total. The van der Waals surface area contributed by atoms with Gasteiger partial charge in [-0.1, -0.05) is 33.2 Å². The molecule has 0 amide bonds. The van der Waals surface area contributed by atoms with Crippen molar-refractivity contribution in [2.24, 2.45) is 5.16 Å². The van der Waals surface area contributed by atoms with Gasteiger partial charge >= 0.3 is 0 Å². The number of oxime groups is 1. The molecule has 4 nitrogen and oxygen atoms in total. The number of rotatable bonds is 6. The lowest BCUT2D eigenvalue weighted by Gasteiger charge is -2.11. The molecule has 0 radical (unpaired) electrons. The van der Waals surface area contributed by atoms with Crippen molar-refractivity contribution in [1.82, 2.24) is 0 Å². The average Bonchev–Trinajstić information content (AvgIpc) is 2.54. The Hall–Kier alpha value is -2.01. The molecule has 0 bridgehead atoms. The molecule has 116 valence electrons. The molecular weight excluding hydrogens is 346 g/mol. The molecule has 0 aromatic heterocycles. The van der Waals surface area contributed by atoms with Gasteiger partial charge in [0.05, 0.1) is 20.4 Å². The number of halogens is 1. The second-order valence-corrected chi connectivity index (χ2v) is 5.61. The zero-order chi connectivity index (χ0) is 15.9. The Morgan fingerprint density at radius 2 is 1.68 bits per heavy atom. The minimum atomic E-state index is 0.374. The Labute approximate surface area is 138 Å². The van der Waals surface area contributed by atoms with Crippen molar-refractivity contribution >= 4 is 22.1 Å². The Bertz CT molecular complexity index is 654. The molecule has 0 aliphatic rings. The minimum absolute atomic E-state index is 0.374. The van der Waals surface area contributed by atoms with Gasteiger partial charge in [0, 0.05) is 4.47 Å². The minimum Gasteiger partial charge on any atom is -0.493 e. The van der Waals surface area contributed by atoms with Gasteiger partial charge in [0.25, 0.3) is 0 Å². The summed E-state index contributed by atoms with van der Waals surface area (Å²) >= 11 is 3.39.